The van der Waals surface area contributed by atoms with Crippen molar-refractivity contribution in [2.75, 3.05) is 65.6 Å². The number of nitrogens with zero attached hydrogens (tertiary/aromatic N) is 2. The minimum atomic E-state index is -1.33. The fraction of sp³-hybridized carbons (Fsp3) is 0.674. The summed E-state index contributed by atoms with van der Waals surface area (Å²) in [6, 6.07) is 13.3. The smallest absolute Gasteiger partial charge is 0.246 e. The minimum Gasteiger partial charge on any atom is -0.548 e. The van der Waals surface area contributed by atoms with Crippen LogP contribution in [0.1, 0.15) is 126 Å². The Hall–Kier alpha value is -1.78. The molecule has 7 nitrogen and oxygen atoms in total. The lowest BCUT2D eigenvalue weighted by atomic mass is 9.76. The molecule has 0 aromatic heterocycles. The number of carbonyl (C=O) groups is 2. The molecule has 1 N–H and O–H groups in total. The number of aryl methyl sites for hydroxylation is 2. The van der Waals surface area contributed by atoms with E-state index in [2.05, 4.69) is 120 Å². The highest BCUT2D eigenvalue weighted by Crippen LogP contribution is 2.43. The molecule has 1 atom stereocenters. The first-order valence-electron chi connectivity index (χ1n) is 20.1. The Kier molecular flexibility index (Phi) is 23.3. The molecule has 0 aliphatic carbocycles. The van der Waals surface area contributed by atoms with Crippen LogP contribution in [0, 0.1) is 19.8 Å². The van der Waals surface area contributed by atoms with Crippen LogP contribution in [0.3, 0.4) is 0 Å². The third kappa shape index (κ3) is 17.1. The number of nitrogens with one attached hydrogen (secondary N) is 1. The van der Waals surface area contributed by atoms with Gasteiger partial charge in [0.05, 0.1) is 38.8 Å². The Balaban J connectivity index is 0.000000465. The molecule has 2 aromatic rings. The molecule has 1 heterocycles. The summed E-state index contributed by atoms with van der Waals surface area (Å²) in [6.07, 6.45) is 14.2. The largest absolute Gasteiger partial charge is 0.548 e. The highest BCUT2D eigenvalue weighted by atomic mass is 79.9. The highest BCUT2D eigenvalue weighted by molar-refractivity contribution is 9.10. The molecule has 9 heteroatoms. The number of carbonyl (C=O) groups excluding carboxylic acids is 2. The van der Waals surface area contributed by atoms with Gasteiger partial charge in [0.2, 0.25) is 5.91 Å². The molecule has 0 radical (unpaired) electrons. The second-order valence-electron chi connectivity index (χ2n) is 14.9. The van der Waals surface area contributed by atoms with E-state index in [4.69, 9.17) is 4.74 Å². The van der Waals surface area contributed by atoms with Crippen molar-refractivity contribution in [1.29, 1.82) is 0 Å². The summed E-state index contributed by atoms with van der Waals surface area (Å²) >= 11 is 7.68. The maximum atomic E-state index is 11.8. The number of aliphatic carboxylic acids is 1. The topological polar surface area (TPSA) is 81.7 Å². The van der Waals surface area contributed by atoms with E-state index in [9.17, 15) is 14.7 Å². The third-order valence-corrected chi connectivity index (χ3v) is 11.7. The molecule has 2 aromatic carbocycles. The van der Waals surface area contributed by atoms with Crippen molar-refractivity contribution in [3.05, 3.63) is 67.6 Å². The fourth-order valence-corrected chi connectivity index (χ4v) is 8.94. The van der Waals surface area contributed by atoms with Crippen LogP contribution >= 0.6 is 31.9 Å². The second kappa shape index (κ2) is 26.1. The first-order chi connectivity index (χ1) is 25.0. The lowest BCUT2D eigenvalue weighted by molar-refractivity contribution is -0.929. The number of unbranched alkanes of at least 4 members (excludes halogenated alkanes) is 4. The third-order valence-electron chi connectivity index (χ3n) is 10.4. The zero-order chi connectivity index (χ0) is 38.4. The number of hydrogen-bond acceptors (Lipinski definition) is 5. The molecule has 3 rings (SSSR count). The van der Waals surface area contributed by atoms with E-state index in [1.807, 2.05) is 0 Å². The average molecular weight is 852 g/mol. The molecule has 1 amide bonds. The molecule has 1 saturated heterocycles. The minimum absolute atomic E-state index is 0.266. The van der Waals surface area contributed by atoms with Crippen molar-refractivity contribution in [1.82, 2.24) is 10.2 Å². The van der Waals surface area contributed by atoms with E-state index in [0.29, 0.717) is 12.5 Å². The van der Waals surface area contributed by atoms with Crippen molar-refractivity contribution < 1.29 is 23.9 Å². The van der Waals surface area contributed by atoms with Gasteiger partial charge in [-0.2, -0.15) is 0 Å². The Labute approximate surface area is 333 Å². The van der Waals surface area contributed by atoms with E-state index >= 15 is 0 Å². The molecule has 1 fully saturated rings. The zero-order valence-electron chi connectivity index (χ0n) is 33.3. The normalized spacial score (nSPS) is 15.0. The van der Waals surface area contributed by atoms with Crippen molar-refractivity contribution in [2.24, 2.45) is 5.92 Å². The summed E-state index contributed by atoms with van der Waals surface area (Å²) in [6.45, 7) is 21.9. The summed E-state index contributed by atoms with van der Waals surface area (Å²) in [5, 5.41) is 13.2. The van der Waals surface area contributed by atoms with Crippen molar-refractivity contribution >= 4 is 43.7 Å². The summed E-state index contributed by atoms with van der Waals surface area (Å²) in [4.78, 5) is 24.6. The maximum absolute atomic E-state index is 11.8. The monoisotopic (exact) mass is 849 g/mol. The van der Waals surface area contributed by atoms with Crippen molar-refractivity contribution in [3.63, 3.8) is 0 Å². The number of hydrogen-bond donors (Lipinski definition) is 1. The Bertz CT molecular complexity index is 1230. The number of amides is 1. The molecule has 294 valence electrons. The van der Waals surface area contributed by atoms with E-state index in [1.165, 1.54) is 104 Å². The van der Waals surface area contributed by atoms with Crippen LogP contribution in [0.5, 0.6) is 0 Å². The van der Waals surface area contributed by atoms with Gasteiger partial charge in [0.1, 0.15) is 6.61 Å². The molecule has 0 bridgehead atoms. The summed E-state index contributed by atoms with van der Waals surface area (Å²) < 4.78 is 8.49. The Morgan fingerprint density at radius 2 is 1.33 bits per heavy atom. The van der Waals surface area contributed by atoms with Crippen molar-refractivity contribution in [2.45, 2.75) is 118 Å². The SMILES string of the molecule is CCCC[N+](CCCC)(CCCC)CCCC.Cc1ccc(C(c2ccc(C)cc2Br)C2CCCN(CCCNC(=O)COCC(=O)[O-])C2)c(Br)c1. The van der Waals surface area contributed by atoms with Crippen LogP contribution in [0.4, 0.5) is 0 Å². The standard InChI is InChI=1S/C27H34Br2N2O4.C16H36N/c1-18-6-8-21(23(28)13-18)27(22-9-7-19(2)14-24(22)29)20-5-3-11-31(15-20)12-4-10-30-25(32)16-35-17-26(33)34;1-5-9-13-17(14-10-6-2,15-11-7-3)16-12-8-4/h6-9,13-14,20,27H,3-5,10-12,15-17H2,1-2H3,(H,30,32)(H,33,34);5-16H2,1-4H3/q;+1/p-1. The molecule has 1 aliphatic heterocycles. The van der Waals surface area contributed by atoms with Crippen LogP contribution in [0.2, 0.25) is 0 Å². The molecule has 1 unspecified atom stereocenters. The number of likely N-dealkylation sites (tertiary alicyclic amines) is 1. The van der Waals surface area contributed by atoms with Gasteiger partial charge < -0.3 is 29.3 Å². The second-order valence-corrected chi connectivity index (χ2v) is 16.7. The Morgan fingerprint density at radius 3 is 1.77 bits per heavy atom. The summed E-state index contributed by atoms with van der Waals surface area (Å²) in [7, 11) is 0. The molecular formula is C43H69Br2N3O4. The van der Waals surface area contributed by atoms with Gasteiger partial charge in [-0.25, -0.2) is 0 Å². The van der Waals surface area contributed by atoms with Crippen LogP contribution in [0.25, 0.3) is 0 Å². The number of carboxylic acids is 1. The van der Waals surface area contributed by atoms with Gasteiger partial charge in [-0.05, 0) is 112 Å². The molecule has 0 spiro atoms. The van der Waals surface area contributed by atoms with Crippen molar-refractivity contribution in [3.8, 4) is 0 Å². The van der Waals surface area contributed by atoms with Gasteiger partial charge in [0.15, 0.2) is 0 Å². The molecule has 52 heavy (non-hydrogen) atoms. The van der Waals surface area contributed by atoms with E-state index in [0.717, 1.165) is 47.8 Å². The van der Waals surface area contributed by atoms with Crippen LogP contribution in [-0.4, -0.2) is 86.8 Å². The predicted octanol–water partition coefficient (Wildman–Crippen LogP) is 8.95. The van der Waals surface area contributed by atoms with Gasteiger partial charge in [-0.3, -0.25) is 4.79 Å². The van der Waals surface area contributed by atoms with Crippen LogP contribution in [-0.2, 0) is 14.3 Å². The number of halogens is 2. The summed E-state index contributed by atoms with van der Waals surface area (Å²) in [5.74, 6) is -0.903. The highest BCUT2D eigenvalue weighted by Gasteiger charge is 2.32. The number of benzene rings is 2. The number of carboxylic acid groups (broad SMARTS) is 1. The lowest BCUT2D eigenvalue weighted by Crippen LogP contribution is -2.50. The van der Waals surface area contributed by atoms with E-state index in [1.54, 1.807) is 0 Å². The number of quaternary nitrogens is 1. The predicted molar refractivity (Wildman–Crippen MR) is 222 cm³/mol. The number of rotatable bonds is 23. The van der Waals surface area contributed by atoms with Crippen LogP contribution in [0.15, 0.2) is 45.3 Å². The first-order valence-corrected chi connectivity index (χ1v) is 21.7. The van der Waals surface area contributed by atoms with Gasteiger partial charge >= 0.3 is 0 Å². The Morgan fingerprint density at radius 1 is 0.827 bits per heavy atom. The average Bonchev–Trinajstić information content (AvgIpc) is 3.11. The summed E-state index contributed by atoms with van der Waals surface area (Å²) in [5.41, 5.74) is 5.10. The van der Waals surface area contributed by atoms with Gasteiger partial charge in [-0.15, -0.1) is 0 Å². The van der Waals surface area contributed by atoms with Gasteiger partial charge in [-0.1, -0.05) is 110 Å². The quantitative estimate of drug-likeness (QED) is 0.0893. The van der Waals surface area contributed by atoms with Gasteiger partial charge in [0, 0.05) is 28.0 Å². The van der Waals surface area contributed by atoms with E-state index < -0.39 is 12.6 Å². The fourth-order valence-electron chi connectivity index (χ4n) is 7.46. The maximum Gasteiger partial charge on any atom is 0.246 e. The van der Waals surface area contributed by atoms with Gasteiger partial charge in [0.25, 0.3) is 0 Å². The molecular weight excluding hydrogens is 782 g/mol. The first kappa shape index (κ1) is 46.4. The molecule has 0 saturated carbocycles. The van der Waals surface area contributed by atoms with E-state index in [-0.39, 0.29) is 18.4 Å². The lowest BCUT2D eigenvalue weighted by Gasteiger charge is -2.39. The number of piperidine rings is 1. The molecule has 1 aliphatic rings. The number of ether oxygens (including phenoxy) is 1. The zero-order valence-corrected chi connectivity index (χ0v) is 36.4. The van der Waals surface area contributed by atoms with Crippen LogP contribution < -0.4 is 10.4 Å².